The van der Waals surface area contributed by atoms with Crippen LogP contribution in [-0.4, -0.2) is 20.1 Å². The number of hydrogen-bond donors (Lipinski definition) is 1. The molecule has 0 saturated heterocycles. The molecule has 0 fully saturated rings. The van der Waals surface area contributed by atoms with Crippen LogP contribution < -0.4 is 5.56 Å². The summed E-state index contributed by atoms with van der Waals surface area (Å²) < 4.78 is 18.5. The quantitative estimate of drug-likeness (QED) is 0.321. The number of fused-ring (bicyclic) bond motifs is 1. The average molecular weight is 485 g/mol. The number of halogens is 2. The summed E-state index contributed by atoms with van der Waals surface area (Å²) >= 11 is 9.06. The zero-order chi connectivity index (χ0) is 22.1. The number of H-pyrrole nitrogens is 1. The van der Waals surface area contributed by atoms with Crippen molar-refractivity contribution in [1.29, 1.82) is 0 Å². The zero-order valence-corrected chi connectivity index (χ0v) is 18.7. The van der Waals surface area contributed by atoms with Crippen molar-refractivity contribution in [2.45, 2.75) is 11.5 Å². The van der Waals surface area contributed by atoms with Crippen molar-refractivity contribution in [3.8, 4) is 22.5 Å². The third kappa shape index (κ3) is 4.19. The molecule has 160 valence electrons. The van der Waals surface area contributed by atoms with Crippen LogP contribution in [0, 0.1) is 5.82 Å². The molecule has 5 rings (SSSR count). The van der Waals surface area contributed by atoms with Crippen LogP contribution in [0.5, 0.6) is 0 Å². The Bertz CT molecular complexity index is 1460. The number of aromatic amines is 1. The van der Waals surface area contributed by atoms with E-state index in [1.807, 2.05) is 23.6 Å². The van der Waals surface area contributed by atoms with Crippen molar-refractivity contribution in [1.82, 2.24) is 20.1 Å². The summed E-state index contributed by atoms with van der Waals surface area (Å²) in [6.45, 7) is 0. The fraction of sp³-hybridized carbons (Fsp3) is 0.0909. The highest BCUT2D eigenvalue weighted by atomic mass is 35.5. The molecule has 0 amide bonds. The van der Waals surface area contributed by atoms with Gasteiger partial charge in [0, 0.05) is 16.5 Å². The van der Waals surface area contributed by atoms with E-state index in [0.29, 0.717) is 49.8 Å². The number of thioether (sulfide) groups is 1. The second-order valence-electron chi connectivity index (χ2n) is 6.83. The molecule has 0 unspecified atom stereocenters. The molecule has 3 aromatic heterocycles. The van der Waals surface area contributed by atoms with Crippen LogP contribution in [0.2, 0.25) is 5.02 Å². The molecule has 2 aromatic carbocycles. The van der Waals surface area contributed by atoms with Crippen molar-refractivity contribution in [3.63, 3.8) is 0 Å². The maximum absolute atomic E-state index is 13.2. The topological polar surface area (TPSA) is 84.7 Å². The van der Waals surface area contributed by atoms with Gasteiger partial charge in [0.15, 0.2) is 0 Å². The second-order valence-corrected chi connectivity index (χ2v) is 9.08. The number of nitrogens with zero attached hydrogens (tertiary/aromatic N) is 3. The van der Waals surface area contributed by atoms with Gasteiger partial charge < -0.3 is 9.51 Å². The Morgan fingerprint density at radius 1 is 1.06 bits per heavy atom. The maximum atomic E-state index is 13.2. The Hall–Kier alpha value is -3.01. The first-order valence-electron chi connectivity index (χ1n) is 9.50. The van der Waals surface area contributed by atoms with Gasteiger partial charge >= 0.3 is 0 Å². The van der Waals surface area contributed by atoms with Gasteiger partial charge in [-0.25, -0.2) is 9.37 Å². The molecule has 3 heterocycles. The summed E-state index contributed by atoms with van der Waals surface area (Å²) in [5, 5.41) is 6.92. The van der Waals surface area contributed by atoms with Crippen LogP contribution in [0.4, 0.5) is 4.39 Å². The lowest BCUT2D eigenvalue weighted by Gasteiger charge is -2.02. The molecule has 6 nitrogen and oxygen atoms in total. The lowest BCUT2D eigenvalue weighted by molar-refractivity contribution is 0.391. The van der Waals surface area contributed by atoms with Gasteiger partial charge in [0.2, 0.25) is 11.7 Å². The monoisotopic (exact) mass is 484 g/mol. The number of thiophene rings is 1. The highest BCUT2D eigenvalue weighted by Gasteiger charge is 2.14. The molecule has 10 heteroatoms. The first-order valence-corrected chi connectivity index (χ1v) is 11.9. The minimum absolute atomic E-state index is 0.218. The summed E-state index contributed by atoms with van der Waals surface area (Å²) in [4.78, 5) is 25.2. The van der Waals surface area contributed by atoms with Crippen LogP contribution in [0.25, 0.3) is 32.7 Å². The first kappa shape index (κ1) is 20.9. The van der Waals surface area contributed by atoms with Gasteiger partial charge in [-0.3, -0.25) is 4.79 Å². The molecule has 0 bridgehead atoms. The number of rotatable bonds is 6. The Labute approximate surface area is 194 Å². The third-order valence-electron chi connectivity index (χ3n) is 4.70. The molecule has 0 saturated carbocycles. The van der Waals surface area contributed by atoms with Crippen LogP contribution >= 0.6 is 34.7 Å². The molecule has 0 atom stereocenters. The van der Waals surface area contributed by atoms with Crippen molar-refractivity contribution in [2.75, 3.05) is 0 Å². The van der Waals surface area contributed by atoms with E-state index in [1.54, 1.807) is 18.2 Å². The Kier molecular flexibility index (Phi) is 5.77. The summed E-state index contributed by atoms with van der Waals surface area (Å²) in [5.41, 5.74) is 2.01. The molecule has 0 aliphatic carbocycles. The molecule has 5 aromatic rings. The predicted molar refractivity (Wildman–Crippen MR) is 125 cm³/mol. The van der Waals surface area contributed by atoms with Crippen LogP contribution in [-0.2, 0) is 11.5 Å². The predicted octanol–water partition coefficient (Wildman–Crippen LogP) is 5.93. The van der Waals surface area contributed by atoms with E-state index in [9.17, 15) is 9.18 Å². The van der Waals surface area contributed by atoms with E-state index in [4.69, 9.17) is 16.1 Å². The SMILES string of the molecule is O=c1[nH]c(CSCc2nc(-c3ccccc3Cl)no2)nc2scc(-c3ccc(F)cc3)c12. The maximum Gasteiger partial charge on any atom is 0.260 e. The van der Waals surface area contributed by atoms with Gasteiger partial charge in [-0.1, -0.05) is 41.0 Å². The summed E-state index contributed by atoms with van der Waals surface area (Å²) in [7, 11) is 0. The normalized spacial score (nSPS) is 11.3. The Balaban J connectivity index is 1.30. The number of nitrogens with one attached hydrogen (secondary N) is 1. The van der Waals surface area contributed by atoms with Crippen LogP contribution in [0.3, 0.4) is 0 Å². The number of hydrogen-bond acceptors (Lipinski definition) is 7. The van der Waals surface area contributed by atoms with Crippen LogP contribution in [0.1, 0.15) is 11.7 Å². The van der Waals surface area contributed by atoms with Gasteiger partial charge in [0.05, 0.1) is 21.9 Å². The largest absolute Gasteiger partial charge is 0.338 e. The van der Waals surface area contributed by atoms with Gasteiger partial charge in [-0.15, -0.1) is 23.1 Å². The lowest BCUT2D eigenvalue weighted by Crippen LogP contribution is -2.10. The van der Waals surface area contributed by atoms with E-state index < -0.39 is 0 Å². The molecular weight excluding hydrogens is 471 g/mol. The minimum Gasteiger partial charge on any atom is -0.338 e. The summed E-state index contributed by atoms with van der Waals surface area (Å²) in [5.74, 6) is 2.07. The second kappa shape index (κ2) is 8.85. The van der Waals surface area contributed by atoms with Crippen molar-refractivity contribution < 1.29 is 8.91 Å². The molecule has 0 aliphatic heterocycles. The van der Waals surface area contributed by atoms with Gasteiger partial charge in [0.25, 0.3) is 5.56 Å². The fourth-order valence-electron chi connectivity index (χ4n) is 3.20. The van der Waals surface area contributed by atoms with Gasteiger partial charge in [-0.2, -0.15) is 4.98 Å². The fourth-order valence-corrected chi connectivity index (χ4v) is 5.12. The Morgan fingerprint density at radius 3 is 2.69 bits per heavy atom. The molecule has 0 aliphatic rings. The number of benzene rings is 2. The van der Waals surface area contributed by atoms with Crippen molar-refractivity contribution in [3.05, 3.63) is 86.8 Å². The van der Waals surface area contributed by atoms with Crippen molar-refractivity contribution >= 4 is 44.9 Å². The number of aromatic nitrogens is 4. The summed E-state index contributed by atoms with van der Waals surface area (Å²) in [6.07, 6.45) is 0. The molecule has 0 spiro atoms. The van der Waals surface area contributed by atoms with E-state index >= 15 is 0 Å². The molecular formula is C22H14ClFN4O2S2. The average Bonchev–Trinajstić information content (AvgIpc) is 3.42. The van der Waals surface area contributed by atoms with E-state index in [1.165, 1.54) is 35.2 Å². The molecule has 32 heavy (non-hydrogen) atoms. The van der Waals surface area contributed by atoms with Crippen LogP contribution in [0.15, 0.2) is 63.2 Å². The van der Waals surface area contributed by atoms with Gasteiger partial charge in [-0.05, 0) is 29.8 Å². The highest BCUT2D eigenvalue weighted by molar-refractivity contribution is 7.97. The lowest BCUT2D eigenvalue weighted by atomic mass is 10.1. The summed E-state index contributed by atoms with van der Waals surface area (Å²) in [6, 6.07) is 13.4. The van der Waals surface area contributed by atoms with Crippen molar-refractivity contribution in [2.24, 2.45) is 0 Å². The van der Waals surface area contributed by atoms with E-state index in [-0.39, 0.29) is 11.4 Å². The Morgan fingerprint density at radius 2 is 1.88 bits per heavy atom. The zero-order valence-electron chi connectivity index (χ0n) is 16.3. The molecule has 0 radical (unpaired) electrons. The van der Waals surface area contributed by atoms with E-state index in [2.05, 4.69) is 20.1 Å². The highest BCUT2D eigenvalue weighted by Crippen LogP contribution is 2.31. The van der Waals surface area contributed by atoms with E-state index in [0.717, 1.165) is 11.1 Å². The van der Waals surface area contributed by atoms with Gasteiger partial charge in [0.1, 0.15) is 16.5 Å². The molecule has 1 N–H and O–H groups in total. The standard InChI is InChI=1S/C22H14ClFN4O2S2/c23-16-4-2-1-3-14(16)20-27-18(30-28-20)11-31-10-17-25-21(29)19-15(9-32-22(19)26-17)12-5-7-13(24)8-6-12/h1-9H,10-11H2,(H,25,26,29). The first-order chi connectivity index (χ1) is 15.6. The smallest absolute Gasteiger partial charge is 0.260 e. The minimum atomic E-state index is -0.320. The third-order valence-corrected chi connectivity index (χ3v) is 6.83.